The van der Waals surface area contributed by atoms with Crippen molar-refractivity contribution in [2.24, 2.45) is 7.05 Å². The average Bonchev–Trinajstić information content (AvgIpc) is 2.49. The van der Waals surface area contributed by atoms with Crippen LogP contribution < -0.4 is 4.90 Å². The van der Waals surface area contributed by atoms with Gasteiger partial charge >= 0.3 is 0 Å². The Morgan fingerprint density at radius 2 is 2.29 bits per heavy atom. The molecule has 5 heteroatoms. The maximum Gasteiger partial charge on any atom is 0.239 e. The number of hydrogen-bond acceptors (Lipinski definition) is 2. The third-order valence-corrected chi connectivity index (χ3v) is 3.63. The zero-order valence-electron chi connectivity index (χ0n) is 8.20. The maximum absolute atomic E-state index is 11.8. The van der Waals surface area contributed by atoms with Crippen molar-refractivity contribution < 1.29 is 4.79 Å². The second-order valence-corrected chi connectivity index (χ2v) is 5.04. The number of carbonyl (C=O) groups is 1. The highest BCUT2D eigenvalue weighted by Gasteiger charge is 2.27. The van der Waals surface area contributed by atoms with Crippen molar-refractivity contribution in [2.45, 2.75) is 16.8 Å². The zero-order chi connectivity index (χ0) is 10.3. The minimum Gasteiger partial charge on any atom is -0.311 e. The molecule has 0 radical (unpaired) electrons. The number of aryl methyl sites for hydroxylation is 2. The van der Waals surface area contributed by atoms with Gasteiger partial charge in [-0.05, 0) is 12.8 Å². The first-order chi connectivity index (χ1) is 6.59. The Hall–Kier alpha value is -0.590. The molecule has 0 N–H and O–H groups in total. The van der Waals surface area contributed by atoms with Crippen LogP contribution in [0.25, 0.3) is 0 Å². The number of rotatable bonds is 0. The van der Waals surface area contributed by atoms with Gasteiger partial charge in [-0.2, -0.15) is 5.10 Å². The summed E-state index contributed by atoms with van der Waals surface area (Å²) in [7, 11) is 3.70. The second-order valence-electron chi connectivity index (χ2n) is 3.54. The van der Waals surface area contributed by atoms with E-state index in [0.717, 1.165) is 24.2 Å². The lowest BCUT2D eigenvalue weighted by Gasteiger charge is -2.15. The summed E-state index contributed by atoms with van der Waals surface area (Å²) in [6.45, 7) is 0. The van der Waals surface area contributed by atoms with Crippen LogP contribution in [-0.2, 0) is 18.3 Å². The van der Waals surface area contributed by atoms with Crippen molar-refractivity contribution in [3.8, 4) is 0 Å². The van der Waals surface area contributed by atoms with Crippen molar-refractivity contribution in [3.05, 3.63) is 11.9 Å². The van der Waals surface area contributed by atoms with Gasteiger partial charge in [0, 0.05) is 20.3 Å². The van der Waals surface area contributed by atoms with Crippen molar-refractivity contribution in [1.82, 2.24) is 9.78 Å². The molecule has 1 aromatic heterocycles. The number of amides is 1. The quantitative estimate of drug-likeness (QED) is 0.532. The van der Waals surface area contributed by atoms with Crippen LogP contribution in [0.4, 0.5) is 5.69 Å². The van der Waals surface area contributed by atoms with Crippen molar-refractivity contribution in [3.63, 3.8) is 0 Å². The summed E-state index contributed by atoms with van der Waals surface area (Å²) >= 11 is 2.20. The maximum atomic E-state index is 11.8. The number of fused-ring (bicyclic) bond motifs is 1. The van der Waals surface area contributed by atoms with Gasteiger partial charge in [0.1, 0.15) is 0 Å². The molecule has 1 atom stereocenters. The first-order valence-electron chi connectivity index (χ1n) is 4.53. The summed E-state index contributed by atoms with van der Waals surface area (Å²) in [5.41, 5.74) is 1.99. The number of alkyl halides is 1. The zero-order valence-corrected chi connectivity index (χ0v) is 10.4. The fourth-order valence-electron chi connectivity index (χ4n) is 1.70. The molecule has 1 aliphatic rings. The molecule has 2 rings (SSSR count). The minimum atomic E-state index is 0.0807. The van der Waals surface area contributed by atoms with Crippen LogP contribution in [-0.4, -0.2) is 26.7 Å². The molecule has 0 aromatic carbocycles. The fourth-order valence-corrected chi connectivity index (χ4v) is 2.43. The van der Waals surface area contributed by atoms with E-state index in [2.05, 4.69) is 27.7 Å². The van der Waals surface area contributed by atoms with E-state index in [9.17, 15) is 4.79 Å². The SMILES string of the molecule is CN1C(=O)C(I)CCc2nn(C)cc21. The topological polar surface area (TPSA) is 38.1 Å². The van der Waals surface area contributed by atoms with Crippen molar-refractivity contribution in [1.29, 1.82) is 0 Å². The molecule has 0 bridgehead atoms. The number of nitrogens with zero attached hydrogens (tertiary/aromatic N) is 3. The molecule has 76 valence electrons. The Bertz CT molecular complexity index is 374. The van der Waals surface area contributed by atoms with Gasteiger partial charge in [-0.3, -0.25) is 9.48 Å². The smallest absolute Gasteiger partial charge is 0.239 e. The van der Waals surface area contributed by atoms with Gasteiger partial charge in [0.05, 0.1) is 15.3 Å². The van der Waals surface area contributed by atoms with Gasteiger partial charge in [-0.1, -0.05) is 22.6 Å². The van der Waals surface area contributed by atoms with E-state index in [1.54, 1.807) is 9.58 Å². The van der Waals surface area contributed by atoms with Gasteiger partial charge < -0.3 is 4.90 Å². The van der Waals surface area contributed by atoms with Crippen LogP contribution in [0.2, 0.25) is 0 Å². The molecule has 2 heterocycles. The molecule has 0 aliphatic carbocycles. The van der Waals surface area contributed by atoms with Crippen LogP contribution in [0, 0.1) is 0 Å². The molecule has 4 nitrogen and oxygen atoms in total. The van der Waals surface area contributed by atoms with Gasteiger partial charge in [0.2, 0.25) is 5.91 Å². The van der Waals surface area contributed by atoms with E-state index in [1.165, 1.54) is 0 Å². The molecule has 1 aromatic rings. The first-order valence-corrected chi connectivity index (χ1v) is 5.78. The molecule has 14 heavy (non-hydrogen) atoms. The van der Waals surface area contributed by atoms with E-state index >= 15 is 0 Å². The van der Waals surface area contributed by atoms with Crippen molar-refractivity contribution in [2.75, 3.05) is 11.9 Å². The highest BCUT2D eigenvalue weighted by atomic mass is 127. The number of halogens is 1. The number of carbonyl (C=O) groups excluding carboxylic acids is 1. The highest BCUT2D eigenvalue weighted by molar-refractivity contribution is 14.1. The van der Waals surface area contributed by atoms with Crippen LogP contribution >= 0.6 is 22.6 Å². The summed E-state index contributed by atoms with van der Waals surface area (Å²) in [5, 5.41) is 4.35. The van der Waals surface area contributed by atoms with Crippen LogP contribution in [0.15, 0.2) is 6.20 Å². The van der Waals surface area contributed by atoms with E-state index in [1.807, 2.05) is 20.3 Å². The molecule has 1 amide bonds. The molecule has 1 unspecified atom stereocenters. The van der Waals surface area contributed by atoms with E-state index in [-0.39, 0.29) is 9.83 Å². The molecule has 0 fully saturated rings. The molecule has 0 saturated carbocycles. The average molecular weight is 305 g/mol. The van der Waals surface area contributed by atoms with Gasteiger partial charge in [-0.25, -0.2) is 0 Å². The van der Waals surface area contributed by atoms with E-state index in [0.29, 0.717) is 0 Å². The highest BCUT2D eigenvalue weighted by Crippen LogP contribution is 2.27. The Labute approximate surface area is 96.4 Å². The standard InChI is InChI=1S/C9H12IN3O/c1-12-5-8-7(11-12)4-3-6(10)9(14)13(8)2/h5-6H,3-4H2,1-2H3. The number of aromatic nitrogens is 2. The third-order valence-electron chi connectivity index (χ3n) is 2.48. The largest absolute Gasteiger partial charge is 0.311 e. The van der Waals surface area contributed by atoms with Crippen LogP contribution in [0.5, 0.6) is 0 Å². The fraction of sp³-hybridized carbons (Fsp3) is 0.556. The predicted octanol–water partition coefficient (Wildman–Crippen LogP) is 1.13. The number of anilines is 1. The summed E-state index contributed by atoms with van der Waals surface area (Å²) < 4.78 is 1.85. The predicted molar refractivity (Wildman–Crippen MR) is 62.7 cm³/mol. The van der Waals surface area contributed by atoms with Gasteiger partial charge in [0.15, 0.2) is 0 Å². The molecular weight excluding hydrogens is 293 g/mol. The Morgan fingerprint density at radius 1 is 1.57 bits per heavy atom. The first kappa shape index (κ1) is 9.95. The summed E-state index contributed by atoms with van der Waals surface area (Å²) in [6, 6.07) is 0. The van der Waals surface area contributed by atoms with E-state index in [4.69, 9.17) is 0 Å². The molecular formula is C9H12IN3O. The lowest BCUT2D eigenvalue weighted by Crippen LogP contribution is -2.31. The van der Waals surface area contributed by atoms with Gasteiger partial charge in [-0.15, -0.1) is 0 Å². The lowest BCUT2D eigenvalue weighted by molar-refractivity contribution is -0.117. The minimum absolute atomic E-state index is 0.0807. The van der Waals surface area contributed by atoms with Gasteiger partial charge in [0.25, 0.3) is 0 Å². The lowest BCUT2D eigenvalue weighted by atomic mass is 10.2. The summed E-state index contributed by atoms with van der Waals surface area (Å²) in [5.74, 6) is 0.178. The Morgan fingerprint density at radius 3 is 3.00 bits per heavy atom. The summed E-state index contributed by atoms with van der Waals surface area (Å²) in [4.78, 5) is 13.5. The number of hydrogen-bond donors (Lipinski definition) is 0. The Kier molecular flexibility index (Phi) is 2.50. The monoisotopic (exact) mass is 305 g/mol. The second kappa shape index (κ2) is 3.52. The van der Waals surface area contributed by atoms with E-state index < -0.39 is 0 Å². The van der Waals surface area contributed by atoms with Crippen molar-refractivity contribution >= 4 is 34.2 Å². The third kappa shape index (κ3) is 1.53. The normalized spacial score (nSPS) is 22.1. The van der Waals surface area contributed by atoms with Crippen LogP contribution in [0.3, 0.4) is 0 Å². The summed E-state index contributed by atoms with van der Waals surface area (Å²) in [6.07, 6.45) is 3.68. The molecule has 0 saturated heterocycles. The van der Waals surface area contributed by atoms with Crippen LogP contribution in [0.1, 0.15) is 12.1 Å². The molecule has 1 aliphatic heterocycles. The Balaban J connectivity index is 2.43. The molecule has 0 spiro atoms.